The molecule has 1 nitrogen and oxygen atoms in total. The quantitative estimate of drug-likeness (QED) is 0.801. The molecule has 96 valence electrons. The molecule has 1 unspecified atom stereocenters. The maximum absolute atomic E-state index is 3.79. The van der Waals surface area contributed by atoms with Crippen LogP contribution in [-0.2, 0) is 0 Å². The van der Waals surface area contributed by atoms with Gasteiger partial charge in [0.15, 0.2) is 0 Å². The second-order valence-electron chi connectivity index (χ2n) is 5.74. The Morgan fingerprint density at radius 3 is 2.65 bits per heavy atom. The largest absolute Gasteiger partial charge is 0.309 e. The van der Waals surface area contributed by atoms with Gasteiger partial charge in [0.05, 0.1) is 0 Å². The Morgan fingerprint density at radius 2 is 2.12 bits per heavy atom. The Morgan fingerprint density at radius 1 is 1.41 bits per heavy atom. The van der Waals surface area contributed by atoms with Gasteiger partial charge in [-0.15, -0.1) is 11.3 Å². The van der Waals surface area contributed by atoms with Gasteiger partial charge in [0.25, 0.3) is 0 Å². The Labute approximate surface area is 110 Å². The zero-order valence-electron chi connectivity index (χ0n) is 11.4. The number of hydrogen-bond donors (Lipinski definition) is 1. The van der Waals surface area contributed by atoms with Crippen molar-refractivity contribution in [1.82, 2.24) is 5.32 Å². The highest BCUT2D eigenvalue weighted by Crippen LogP contribution is 2.47. The van der Waals surface area contributed by atoms with Crippen LogP contribution in [0.15, 0.2) is 11.4 Å². The third-order valence-corrected chi connectivity index (χ3v) is 5.00. The standard InChI is InChI=1S/C15H25NS/c1-4-9-16-14(13-10-12(2)17-11-13)15(3)7-5-6-8-15/h10-11,14,16H,4-9H2,1-3H3. The highest BCUT2D eigenvalue weighted by atomic mass is 32.1. The maximum Gasteiger partial charge on any atom is 0.0382 e. The summed E-state index contributed by atoms with van der Waals surface area (Å²) >= 11 is 1.88. The van der Waals surface area contributed by atoms with Crippen LogP contribution in [-0.4, -0.2) is 6.54 Å². The average molecular weight is 251 g/mol. The van der Waals surface area contributed by atoms with Crippen molar-refractivity contribution in [3.8, 4) is 0 Å². The van der Waals surface area contributed by atoms with Crippen molar-refractivity contribution in [2.45, 2.75) is 58.9 Å². The number of nitrogens with one attached hydrogen (secondary N) is 1. The fraction of sp³-hybridized carbons (Fsp3) is 0.733. The summed E-state index contributed by atoms with van der Waals surface area (Å²) in [7, 11) is 0. The molecule has 0 aromatic carbocycles. The summed E-state index contributed by atoms with van der Waals surface area (Å²) in [6, 6.07) is 2.94. The molecule has 1 atom stereocenters. The number of thiophene rings is 1. The number of hydrogen-bond acceptors (Lipinski definition) is 2. The first kappa shape index (κ1) is 13.1. The van der Waals surface area contributed by atoms with Crippen LogP contribution in [0.25, 0.3) is 0 Å². The van der Waals surface area contributed by atoms with E-state index in [1.165, 1.54) is 42.5 Å². The van der Waals surface area contributed by atoms with E-state index in [4.69, 9.17) is 0 Å². The lowest BCUT2D eigenvalue weighted by molar-refractivity contribution is 0.224. The van der Waals surface area contributed by atoms with Gasteiger partial charge in [-0.3, -0.25) is 0 Å². The number of rotatable bonds is 5. The molecule has 0 spiro atoms. The molecule has 0 saturated heterocycles. The van der Waals surface area contributed by atoms with Crippen LogP contribution in [0.5, 0.6) is 0 Å². The topological polar surface area (TPSA) is 12.0 Å². The Balaban J connectivity index is 2.18. The molecule has 1 fully saturated rings. The molecule has 0 bridgehead atoms. The molecule has 1 aliphatic rings. The van der Waals surface area contributed by atoms with Crippen LogP contribution in [0.3, 0.4) is 0 Å². The van der Waals surface area contributed by atoms with Crippen LogP contribution in [0.4, 0.5) is 0 Å². The lowest BCUT2D eigenvalue weighted by atomic mass is 9.78. The van der Waals surface area contributed by atoms with Crippen molar-refractivity contribution in [2.75, 3.05) is 6.54 Å². The SMILES string of the molecule is CCCNC(c1csc(C)c1)C1(C)CCCC1. The van der Waals surface area contributed by atoms with Gasteiger partial charge in [-0.05, 0) is 55.2 Å². The molecule has 1 aromatic rings. The smallest absolute Gasteiger partial charge is 0.0382 e. The highest BCUT2D eigenvalue weighted by molar-refractivity contribution is 7.10. The molecule has 2 heteroatoms. The predicted molar refractivity (Wildman–Crippen MR) is 76.7 cm³/mol. The van der Waals surface area contributed by atoms with E-state index in [-0.39, 0.29) is 0 Å². The van der Waals surface area contributed by atoms with E-state index in [1.807, 2.05) is 11.3 Å². The Bertz CT molecular complexity index is 350. The second kappa shape index (κ2) is 5.53. The molecule has 1 heterocycles. The predicted octanol–water partition coefficient (Wildman–Crippen LogP) is 4.68. The van der Waals surface area contributed by atoms with Gasteiger partial charge in [0.2, 0.25) is 0 Å². The van der Waals surface area contributed by atoms with Crippen LogP contribution in [0.1, 0.15) is 62.4 Å². The molecule has 1 aromatic heterocycles. The summed E-state index contributed by atoms with van der Waals surface area (Å²) in [4.78, 5) is 1.44. The molecule has 0 aliphatic heterocycles. The summed E-state index contributed by atoms with van der Waals surface area (Å²) in [6.07, 6.45) is 6.79. The monoisotopic (exact) mass is 251 g/mol. The van der Waals surface area contributed by atoms with E-state index < -0.39 is 0 Å². The van der Waals surface area contributed by atoms with Crippen LogP contribution in [0, 0.1) is 12.3 Å². The highest BCUT2D eigenvalue weighted by Gasteiger charge is 2.37. The average Bonchev–Trinajstić information content (AvgIpc) is 2.89. The minimum Gasteiger partial charge on any atom is -0.309 e. The summed E-state index contributed by atoms with van der Waals surface area (Å²) in [5, 5.41) is 6.14. The Hall–Kier alpha value is -0.340. The molecule has 1 N–H and O–H groups in total. The van der Waals surface area contributed by atoms with E-state index in [2.05, 4.69) is 37.5 Å². The van der Waals surface area contributed by atoms with Crippen LogP contribution in [0.2, 0.25) is 0 Å². The number of aryl methyl sites for hydroxylation is 1. The first-order valence-corrected chi connectivity index (χ1v) is 7.82. The van der Waals surface area contributed by atoms with Crippen LogP contribution < -0.4 is 5.32 Å². The van der Waals surface area contributed by atoms with Crippen molar-refractivity contribution in [3.63, 3.8) is 0 Å². The van der Waals surface area contributed by atoms with E-state index in [0.29, 0.717) is 11.5 Å². The molecule has 1 saturated carbocycles. The van der Waals surface area contributed by atoms with E-state index in [1.54, 1.807) is 0 Å². The second-order valence-corrected chi connectivity index (χ2v) is 6.85. The van der Waals surface area contributed by atoms with E-state index in [0.717, 1.165) is 6.54 Å². The van der Waals surface area contributed by atoms with Crippen molar-refractivity contribution in [2.24, 2.45) is 5.41 Å². The Kier molecular flexibility index (Phi) is 4.26. The first-order valence-electron chi connectivity index (χ1n) is 6.94. The molecule has 0 amide bonds. The lowest BCUT2D eigenvalue weighted by Crippen LogP contribution is -2.34. The third-order valence-electron chi connectivity index (χ3n) is 4.13. The summed E-state index contributed by atoms with van der Waals surface area (Å²) < 4.78 is 0. The maximum atomic E-state index is 3.79. The van der Waals surface area contributed by atoms with E-state index >= 15 is 0 Å². The molecular weight excluding hydrogens is 226 g/mol. The zero-order chi connectivity index (χ0) is 12.3. The van der Waals surface area contributed by atoms with Crippen molar-refractivity contribution in [3.05, 3.63) is 21.9 Å². The molecular formula is C15H25NS. The minimum absolute atomic E-state index is 0.475. The summed E-state index contributed by atoms with van der Waals surface area (Å²) in [6.45, 7) is 8.07. The van der Waals surface area contributed by atoms with Crippen molar-refractivity contribution < 1.29 is 0 Å². The van der Waals surface area contributed by atoms with Gasteiger partial charge in [-0.1, -0.05) is 26.7 Å². The van der Waals surface area contributed by atoms with Gasteiger partial charge in [0.1, 0.15) is 0 Å². The van der Waals surface area contributed by atoms with Gasteiger partial charge in [-0.25, -0.2) is 0 Å². The van der Waals surface area contributed by atoms with Gasteiger partial charge < -0.3 is 5.32 Å². The zero-order valence-corrected chi connectivity index (χ0v) is 12.2. The van der Waals surface area contributed by atoms with Gasteiger partial charge in [0, 0.05) is 10.9 Å². The molecule has 2 rings (SSSR count). The van der Waals surface area contributed by atoms with Crippen molar-refractivity contribution >= 4 is 11.3 Å². The van der Waals surface area contributed by atoms with Gasteiger partial charge >= 0.3 is 0 Å². The minimum atomic E-state index is 0.475. The van der Waals surface area contributed by atoms with Crippen LogP contribution >= 0.6 is 11.3 Å². The molecule has 1 aliphatic carbocycles. The fourth-order valence-corrected chi connectivity index (χ4v) is 3.87. The molecule has 17 heavy (non-hydrogen) atoms. The van der Waals surface area contributed by atoms with Gasteiger partial charge in [-0.2, -0.15) is 0 Å². The van der Waals surface area contributed by atoms with E-state index in [9.17, 15) is 0 Å². The third kappa shape index (κ3) is 2.92. The first-order chi connectivity index (χ1) is 8.15. The normalized spacial score (nSPS) is 20.6. The lowest BCUT2D eigenvalue weighted by Gasteiger charge is -2.34. The fourth-order valence-electron chi connectivity index (χ4n) is 3.14. The summed E-state index contributed by atoms with van der Waals surface area (Å²) in [5.41, 5.74) is 1.99. The molecule has 0 radical (unpaired) electrons. The van der Waals surface area contributed by atoms with Crippen molar-refractivity contribution in [1.29, 1.82) is 0 Å². The summed E-state index contributed by atoms with van der Waals surface area (Å²) in [5.74, 6) is 0.